The summed E-state index contributed by atoms with van der Waals surface area (Å²) in [6.07, 6.45) is 4.64. The minimum absolute atomic E-state index is 0.193. The van der Waals surface area contributed by atoms with Crippen molar-refractivity contribution < 1.29 is 9.53 Å². The number of esters is 1. The lowest BCUT2D eigenvalue weighted by atomic mass is 10.2. The molecule has 98 valence electrons. The molecule has 3 rings (SSSR count). The Morgan fingerprint density at radius 2 is 2.33 bits per heavy atom. The number of nitrogens with zero attached hydrogens (tertiary/aromatic N) is 1. The predicted octanol–water partition coefficient (Wildman–Crippen LogP) is 2.62. The van der Waals surface area contributed by atoms with E-state index in [9.17, 15) is 4.79 Å². The highest BCUT2D eigenvalue weighted by molar-refractivity contribution is 7.13. The molecule has 2 aliphatic rings. The van der Waals surface area contributed by atoms with Crippen molar-refractivity contribution in [2.45, 2.75) is 44.6 Å². The number of thiazole rings is 1. The Bertz CT molecular complexity index is 448. The van der Waals surface area contributed by atoms with Crippen LogP contribution in [0.4, 0.5) is 0 Å². The summed E-state index contributed by atoms with van der Waals surface area (Å²) in [5.74, 6) is 0.303. The molecule has 1 aliphatic heterocycles. The fourth-order valence-corrected chi connectivity index (χ4v) is 3.53. The largest absolute Gasteiger partial charge is 0.462 e. The van der Waals surface area contributed by atoms with Crippen LogP contribution in [0.25, 0.3) is 0 Å². The van der Waals surface area contributed by atoms with Crippen molar-refractivity contribution in [2.24, 2.45) is 0 Å². The zero-order valence-electron chi connectivity index (χ0n) is 10.6. The second-order valence-electron chi connectivity index (χ2n) is 4.91. The minimum atomic E-state index is -0.193. The summed E-state index contributed by atoms with van der Waals surface area (Å²) in [5, 5.41) is 4.51. The molecule has 0 radical (unpaired) electrons. The number of rotatable bonds is 4. The van der Waals surface area contributed by atoms with E-state index in [2.05, 4.69) is 5.32 Å². The lowest BCUT2D eigenvalue weighted by molar-refractivity contribution is 0.0530. The average Bonchev–Trinajstić information content (AvgIpc) is 2.92. The minimum Gasteiger partial charge on any atom is -0.462 e. The Morgan fingerprint density at radius 3 is 2.94 bits per heavy atom. The van der Waals surface area contributed by atoms with Crippen LogP contribution >= 0.6 is 11.3 Å². The summed E-state index contributed by atoms with van der Waals surface area (Å²) in [6, 6.07) is 0.343. The molecule has 2 fully saturated rings. The first-order valence-electron chi connectivity index (χ1n) is 6.70. The van der Waals surface area contributed by atoms with Crippen molar-refractivity contribution in [3.8, 4) is 0 Å². The monoisotopic (exact) mass is 266 g/mol. The number of carbonyl (C=O) groups excluding carboxylic acids is 1. The van der Waals surface area contributed by atoms with E-state index < -0.39 is 0 Å². The van der Waals surface area contributed by atoms with E-state index in [1.165, 1.54) is 17.8 Å². The highest BCUT2D eigenvalue weighted by atomic mass is 32.1. The van der Waals surface area contributed by atoms with Gasteiger partial charge in [-0.2, -0.15) is 0 Å². The van der Waals surface area contributed by atoms with Crippen LogP contribution in [-0.4, -0.2) is 24.1 Å². The summed E-state index contributed by atoms with van der Waals surface area (Å²) < 4.78 is 5.13. The van der Waals surface area contributed by atoms with Crippen molar-refractivity contribution in [1.82, 2.24) is 10.3 Å². The third-order valence-corrected chi connectivity index (χ3v) is 4.62. The molecule has 2 heterocycles. The Hall–Kier alpha value is -0.940. The second-order valence-corrected chi connectivity index (χ2v) is 5.94. The molecule has 1 aliphatic carbocycles. The molecule has 4 nitrogen and oxygen atoms in total. The molecule has 5 heteroatoms. The normalized spacial score (nSPS) is 23.3. The Labute approximate surface area is 111 Å². The van der Waals surface area contributed by atoms with Gasteiger partial charge in [0.1, 0.15) is 9.88 Å². The number of hydrogen-bond acceptors (Lipinski definition) is 5. The van der Waals surface area contributed by atoms with Crippen molar-refractivity contribution in [2.75, 3.05) is 13.2 Å². The van der Waals surface area contributed by atoms with E-state index in [-0.39, 0.29) is 5.97 Å². The molecule has 1 N–H and O–H groups in total. The van der Waals surface area contributed by atoms with Crippen molar-refractivity contribution in [3.63, 3.8) is 0 Å². The fourth-order valence-electron chi connectivity index (χ4n) is 2.37. The third-order valence-electron chi connectivity index (χ3n) is 3.45. The number of nitrogens with one attached hydrogen (secondary N) is 1. The van der Waals surface area contributed by atoms with Gasteiger partial charge < -0.3 is 10.1 Å². The quantitative estimate of drug-likeness (QED) is 0.851. The summed E-state index contributed by atoms with van der Waals surface area (Å²) in [7, 11) is 0. The molecule has 0 aromatic carbocycles. The van der Waals surface area contributed by atoms with E-state index in [0.717, 1.165) is 41.4 Å². The van der Waals surface area contributed by atoms with Crippen molar-refractivity contribution in [3.05, 3.63) is 15.6 Å². The molecule has 0 bridgehead atoms. The van der Waals surface area contributed by atoms with E-state index in [0.29, 0.717) is 18.6 Å². The Morgan fingerprint density at radius 1 is 1.50 bits per heavy atom. The fraction of sp³-hybridized carbons (Fsp3) is 0.692. The first-order chi connectivity index (χ1) is 8.79. The molecular formula is C13H18N2O2S. The van der Waals surface area contributed by atoms with Gasteiger partial charge in [-0.3, -0.25) is 0 Å². The van der Waals surface area contributed by atoms with Gasteiger partial charge in [-0.1, -0.05) is 0 Å². The molecular weight excluding hydrogens is 248 g/mol. The molecule has 0 amide bonds. The van der Waals surface area contributed by atoms with Gasteiger partial charge in [0.25, 0.3) is 0 Å². The lowest BCUT2D eigenvalue weighted by Crippen LogP contribution is -2.12. The van der Waals surface area contributed by atoms with E-state index in [4.69, 9.17) is 9.72 Å². The molecule has 18 heavy (non-hydrogen) atoms. The van der Waals surface area contributed by atoms with Crippen molar-refractivity contribution >= 4 is 17.3 Å². The van der Waals surface area contributed by atoms with Crippen LogP contribution in [0, 0.1) is 0 Å². The van der Waals surface area contributed by atoms with E-state index in [1.807, 2.05) is 6.92 Å². The summed E-state index contributed by atoms with van der Waals surface area (Å²) in [4.78, 5) is 17.4. The average molecular weight is 266 g/mol. The molecule has 1 aromatic heterocycles. The van der Waals surface area contributed by atoms with Crippen LogP contribution in [0.3, 0.4) is 0 Å². The van der Waals surface area contributed by atoms with Crippen LogP contribution in [0.2, 0.25) is 0 Å². The maximum absolute atomic E-state index is 12.0. The van der Waals surface area contributed by atoms with Gasteiger partial charge in [-0.15, -0.1) is 11.3 Å². The van der Waals surface area contributed by atoms with Gasteiger partial charge in [0.2, 0.25) is 0 Å². The summed E-state index contributed by atoms with van der Waals surface area (Å²) in [6.45, 7) is 3.32. The molecule has 1 unspecified atom stereocenters. The first-order valence-corrected chi connectivity index (χ1v) is 7.52. The Kier molecular flexibility index (Phi) is 3.35. The topological polar surface area (TPSA) is 51.2 Å². The highest BCUT2D eigenvalue weighted by Crippen LogP contribution is 2.44. The maximum Gasteiger partial charge on any atom is 0.350 e. The Balaban J connectivity index is 1.88. The molecule has 1 atom stereocenters. The number of hydrogen-bond donors (Lipinski definition) is 1. The van der Waals surface area contributed by atoms with Crippen LogP contribution < -0.4 is 5.32 Å². The van der Waals surface area contributed by atoms with Gasteiger partial charge in [0.05, 0.1) is 18.3 Å². The lowest BCUT2D eigenvalue weighted by Gasteiger charge is -2.04. The van der Waals surface area contributed by atoms with Crippen molar-refractivity contribution in [1.29, 1.82) is 0 Å². The summed E-state index contributed by atoms with van der Waals surface area (Å²) in [5.41, 5.74) is 0.988. The number of carbonyl (C=O) groups is 1. The van der Waals surface area contributed by atoms with Crippen LogP contribution in [0.5, 0.6) is 0 Å². The molecule has 1 saturated heterocycles. The molecule has 1 saturated carbocycles. The van der Waals surface area contributed by atoms with Gasteiger partial charge in [0.15, 0.2) is 0 Å². The van der Waals surface area contributed by atoms with E-state index >= 15 is 0 Å². The maximum atomic E-state index is 12.0. The number of ether oxygens (including phenoxy) is 1. The predicted molar refractivity (Wildman–Crippen MR) is 70.0 cm³/mol. The standard InChI is InChI=1S/C13H18N2O2S/c1-2-17-13(16)11-10(8-5-6-8)15-12(18-11)9-4-3-7-14-9/h8-9,14H,2-7H2,1H3. The van der Waals surface area contributed by atoms with Crippen LogP contribution in [-0.2, 0) is 4.74 Å². The van der Waals surface area contributed by atoms with E-state index in [1.54, 1.807) is 0 Å². The zero-order chi connectivity index (χ0) is 12.5. The van der Waals surface area contributed by atoms with Gasteiger partial charge in [-0.05, 0) is 39.2 Å². The second kappa shape index (κ2) is 4.97. The summed E-state index contributed by atoms with van der Waals surface area (Å²) >= 11 is 1.52. The molecule has 0 spiro atoms. The molecule has 1 aromatic rings. The van der Waals surface area contributed by atoms with Crippen LogP contribution in [0.1, 0.15) is 64.9 Å². The highest BCUT2D eigenvalue weighted by Gasteiger charge is 2.34. The third kappa shape index (κ3) is 2.29. The van der Waals surface area contributed by atoms with Gasteiger partial charge >= 0.3 is 5.97 Å². The van der Waals surface area contributed by atoms with Crippen LogP contribution in [0.15, 0.2) is 0 Å². The van der Waals surface area contributed by atoms with Gasteiger partial charge in [-0.25, -0.2) is 9.78 Å². The smallest absolute Gasteiger partial charge is 0.350 e. The number of aromatic nitrogens is 1. The SMILES string of the molecule is CCOC(=O)c1sc(C2CCCN2)nc1C1CC1. The first kappa shape index (κ1) is 12.1. The van der Waals surface area contributed by atoms with Gasteiger partial charge in [0, 0.05) is 5.92 Å². The zero-order valence-corrected chi connectivity index (χ0v) is 11.4.